The van der Waals surface area contributed by atoms with Gasteiger partial charge in [0.1, 0.15) is 5.75 Å². The standard InChI is InChI=1S/C14H10N2O/c17-11-7-5-10(6-8-11)13-9-15-16-14-4-2-1-3-12(13)14/h1-9,17H. The zero-order valence-electron chi connectivity index (χ0n) is 9.04. The smallest absolute Gasteiger partial charge is 0.115 e. The van der Waals surface area contributed by atoms with Crippen LogP contribution in [0.4, 0.5) is 0 Å². The Balaban J connectivity index is 2.27. The Morgan fingerprint density at radius 3 is 2.47 bits per heavy atom. The van der Waals surface area contributed by atoms with E-state index in [2.05, 4.69) is 10.2 Å². The van der Waals surface area contributed by atoms with Crippen molar-refractivity contribution in [2.24, 2.45) is 0 Å². The van der Waals surface area contributed by atoms with Crippen molar-refractivity contribution in [1.29, 1.82) is 0 Å². The number of hydrogen-bond donors (Lipinski definition) is 1. The monoisotopic (exact) mass is 222 g/mol. The van der Waals surface area contributed by atoms with E-state index in [4.69, 9.17) is 0 Å². The first kappa shape index (κ1) is 9.78. The summed E-state index contributed by atoms with van der Waals surface area (Å²) in [6.07, 6.45) is 1.74. The van der Waals surface area contributed by atoms with Crippen LogP contribution >= 0.6 is 0 Å². The molecule has 17 heavy (non-hydrogen) atoms. The van der Waals surface area contributed by atoms with Crippen LogP contribution < -0.4 is 0 Å². The molecule has 0 aliphatic heterocycles. The molecule has 82 valence electrons. The Hall–Kier alpha value is -2.42. The summed E-state index contributed by atoms with van der Waals surface area (Å²) >= 11 is 0. The van der Waals surface area contributed by atoms with Crippen LogP contribution in [0, 0.1) is 0 Å². The van der Waals surface area contributed by atoms with Crippen molar-refractivity contribution in [2.45, 2.75) is 0 Å². The molecule has 0 spiro atoms. The van der Waals surface area contributed by atoms with E-state index in [1.165, 1.54) is 0 Å². The molecule has 3 rings (SSSR count). The molecule has 0 amide bonds. The summed E-state index contributed by atoms with van der Waals surface area (Å²) in [6, 6.07) is 15.0. The molecule has 0 unspecified atom stereocenters. The van der Waals surface area contributed by atoms with Gasteiger partial charge in [-0.3, -0.25) is 0 Å². The zero-order valence-corrected chi connectivity index (χ0v) is 9.04. The first-order valence-electron chi connectivity index (χ1n) is 5.34. The van der Waals surface area contributed by atoms with Gasteiger partial charge in [-0.2, -0.15) is 10.2 Å². The molecule has 1 heterocycles. The number of aromatic hydroxyl groups is 1. The van der Waals surface area contributed by atoms with Crippen molar-refractivity contribution in [2.75, 3.05) is 0 Å². The number of nitrogens with zero attached hydrogens (tertiary/aromatic N) is 2. The number of phenolic OH excluding ortho intramolecular Hbond substituents is 1. The summed E-state index contributed by atoms with van der Waals surface area (Å²) in [5, 5.41) is 18.4. The molecule has 0 aliphatic carbocycles. The Morgan fingerprint density at radius 2 is 1.65 bits per heavy atom. The zero-order chi connectivity index (χ0) is 11.7. The SMILES string of the molecule is Oc1ccc(-c2cnnc3ccccc23)cc1. The summed E-state index contributed by atoms with van der Waals surface area (Å²) in [7, 11) is 0. The maximum atomic E-state index is 9.29. The molecule has 0 bridgehead atoms. The topological polar surface area (TPSA) is 46.0 Å². The number of phenols is 1. The summed E-state index contributed by atoms with van der Waals surface area (Å²) in [6.45, 7) is 0. The fourth-order valence-corrected chi connectivity index (χ4v) is 1.88. The number of aromatic nitrogens is 2. The van der Waals surface area contributed by atoms with Gasteiger partial charge in [-0.15, -0.1) is 0 Å². The summed E-state index contributed by atoms with van der Waals surface area (Å²) in [5.41, 5.74) is 2.92. The van der Waals surface area contributed by atoms with Crippen molar-refractivity contribution < 1.29 is 5.11 Å². The van der Waals surface area contributed by atoms with Crippen LogP contribution in [0.5, 0.6) is 5.75 Å². The Bertz CT molecular complexity index is 657. The molecule has 0 atom stereocenters. The second kappa shape index (κ2) is 3.87. The molecule has 0 radical (unpaired) electrons. The second-order valence-electron chi connectivity index (χ2n) is 3.82. The molecule has 1 aromatic heterocycles. The lowest BCUT2D eigenvalue weighted by molar-refractivity contribution is 0.475. The van der Waals surface area contributed by atoms with Gasteiger partial charge in [-0.25, -0.2) is 0 Å². The van der Waals surface area contributed by atoms with Gasteiger partial charge in [0.15, 0.2) is 0 Å². The lowest BCUT2D eigenvalue weighted by Crippen LogP contribution is -1.87. The van der Waals surface area contributed by atoms with E-state index in [0.717, 1.165) is 22.0 Å². The molecule has 0 saturated heterocycles. The van der Waals surface area contributed by atoms with Crippen molar-refractivity contribution in [1.82, 2.24) is 10.2 Å². The Morgan fingerprint density at radius 1 is 0.882 bits per heavy atom. The third kappa shape index (κ3) is 1.72. The second-order valence-corrected chi connectivity index (χ2v) is 3.82. The molecule has 3 nitrogen and oxygen atoms in total. The molecule has 2 aromatic carbocycles. The van der Waals surface area contributed by atoms with Crippen molar-refractivity contribution in [3.8, 4) is 16.9 Å². The third-order valence-electron chi connectivity index (χ3n) is 2.72. The maximum absolute atomic E-state index is 9.29. The van der Waals surface area contributed by atoms with Crippen LogP contribution in [0.25, 0.3) is 22.0 Å². The first-order valence-corrected chi connectivity index (χ1v) is 5.34. The van der Waals surface area contributed by atoms with Gasteiger partial charge in [-0.1, -0.05) is 30.3 Å². The lowest BCUT2D eigenvalue weighted by atomic mass is 10.0. The predicted molar refractivity (Wildman–Crippen MR) is 66.6 cm³/mol. The molecule has 1 N–H and O–H groups in total. The van der Waals surface area contributed by atoms with E-state index < -0.39 is 0 Å². The van der Waals surface area contributed by atoms with Crippen LogP contribution in [0.2, 0.25) is 0 Å². The highest BCUT2D eigenvalue weighted by atomic mass is 16.3. The fourth-order valence-electron chi connectivity index (χ4n) is 1.88. The summed E-state index contributed by atoms with van der Waals surface area (Å²) in [4.78, 5) is 0. The van der Waals surface area contributed by atoms with Gasteiger partial charge >= 0.3 is 0 Å². The number of rotatable bonds is 1. The minimum atomic E-state index is 0.264. The molecular formula is C14H10N2O. The molecule has 3 aromatic rings. The highest BCUT2D eigenvalue weighted by Crippen LogP contribution is 2.27. The van der Waals surface area contributed by atoms with E-state index in [1.807, 2.05) is 36.4 Å². The summed E-state index contributed by atoms with van der Waals surface area (Å²) in [5.74, 6) is 0.264. The van der Waals surface area contributed by atoms with Crippen molar-refractivity contribution in [3.05, 3.63) is 54.7 Å². The van der Waals surface area contributed by atoms with Crippen molar-refractivity contribution >= 4 is 10.9 Å². The van der Waals surface area contributed by atoms with E-state index in [0.29, 0.717) is 0 Å². The Labute approximate surface area is 98.4 Å². The number of fused-ring (bicyclic) bond motifs is 1. The number of benzene rings is 2. The van der Waals surface area contributed by atoms with Crippen LogP contribution in [-0.2, 0) is 0 Å². The van der Waals surface area contributed by atoms with E-state index in [1.54, 1.807) is 18.3 Å². The highest BCUT2D eigenvalue weighted by Gasteiger charge is 2.04. The first-order chi connectivity index (χ1) is 8.34. The van der Waals surface area contributed by atoms with Crippen LogP contribution in [0.1, 0.15) is 0 Å². The van der Waals surface area contributed by atoms with Crippen LogP contribution in [-0.4, -0.2) is 15.3 Å². The molecule has 0 fully saturated rings. The number of hydrogen-bond acceptors (Lipinski definition) is 3. The molecule has 3 heteroatoms. The van der Waals surface area contributed by atoms with Crippen LogP contribution in [0.15, 0.2) is 54.7 Å². The summed E-state index contributed by atoms with van der Waals surface area (Å²) < 4.78 is 0. The quantitative estimate of drug-likeness (QED) is 0.688. The minimum absolute atomic E-state index is 0.264. The van der Waals surface area contributed by atoms with E-state index in [-0.39, 0.29) is 5.75 Å². The van der Waals surface area contributed by atoms with E-state index in [9.17, 15) is 5.11 Å². The van der Waals surface area contributed by atoms with E-state index >= 15 is 0 Å². The van der Waals surface area contributed by atoms with Gasteiger partial charge in [-0.05, 0) is 23.8 Å². The predicted octanol–water partition coefficient (Wildman–Crippen LogP) is 3.00. The average Bonchev–Trinajstić information content (AvgIpc) is 2.39. The third-order valence-corrected chi connectivity index (χ3v) is 2.72. The van der Waals surface area contributed by atoms with Gasteiger partial charge in [0.05, 0.1) is 11.7 Å². The van der Waals surface area contributed by atoms with Crippen LogP contribution in [0.3, 0.4) is 0 Å². The Kier molecular flexibility index (Phi) is 2.22. The van der Waals surface area contributed by atoms with Gasteiger partial charge in [0.25, 0.3) is 0 Å². The molecule has 0 aliphatic rings. The van der Waals surface area contributed by atoms with Gasteiger partial charge < -0.3 is 5.11 Å². The van der Waals surface area contributed by atoms with Crippen molar-refractivity contribution in [3.63, 3.8) is 0 Å². The van der Waals surface area contributed by atoms with Gasteiger partial charge in [0.2, 0.25) is 0 Å². The highest BCUT2D eigenvalue weighted by molar-refractivity contribution is 5.93. The molecule has 0 saturated carbocycles. The largest absolute Gasteiger partial charge is 0.508 e. The average molecular weight is 222 g/mol. The van der Waals surface area contributed by atoms with Gasteiger partial charge in [0, 0.05) is 10.9 Å². The fraction of sp³-hybridized carbons (Fsp3) is 0. The molecular weight excluding hydrogens is 212 g/mol. The minimum Gasteiger partial charge on any atom is -0.508 e. The maximum Gasteiger partial charge on any atom is 0.115 e. The lowest BCUT2D eigenvalue weighted by Gasteiger charge is -2.05. The normalized spacial score (nSPS) is 10.6.